The Kier molecular flexibility index (Phi) is 4.09. The third-order valence-corrected chi connectivity index (χ3v) is 3.02. The Bertz CT molecular complexity index is 360. The van der Waals surface area contributed by atoms with E-state index >= 15 is 0 Å². The van der Waals surface area contributed by atoms with Gasteiger partial charge in [0, 0.05) is 25.8 Å². The highest BCUT2D eigenvalue weighted by Crippen LogP contribution is 2.08. The van der Waals surface area contributed by atoms with Gasteiger partial charge < -0.3 is 4.90 Å². The van der Waals surface area contributed by atoms with Crippen LogP contribution in [0.5, 0.6) is 0 Å². The number of hydrogen-bond donors (Lipinski definition) is 0. The minimum atomic E-state index is 0.237. The van der Waals surface area contributed by atoms with Crippen molar-refractivity contribution in [1.29, 1.82) is 0 Å². The predicted octanol–water partition coefficient (Wildman–Crippen LogP) is 1.14. The number of carbonyl (C=O) groups is 1. The van der Waals surface area contributed by atoms with Crippen molar-refractivity contribution < 1.29 is 4.79 Å². The number of likely N-dealkylation sites (tertiary alicyclic amines) is 1. The topological polar surface area (TPSA) is 36.4 Å². The summed E-state index contributed by atoms with van der Waals surface area (Å²) in [6, 6.07) is 5.86. The average Bonchev–Trinajstić information content (AvgIpc) is 2.83. The quantitative estimate of drug-likeness (QED) is 0.782. The summed E-state index contributed by atoms with van der Waals surface area (Å²) >= 11 is 0. The maximum atomic E-state index is 11.9. The molecule has 4 heteroatoms. The highest BCUT2D eigenvalue weighted by atomic mass is 16.2. The van der Waals surface area contributed by atoms with Gasteiger partial charge >= 0.3 is 0 Å². The summed E-state index contributed by atoms with van der Waals surface area (Å²) in [5, 5.41) is 0. The summed E-state index contributed by atoms with van der Waals surface area (Å²) in [4.78, 5) is 20.1. The van der Waals surface area contributed by atoms with E-state index in [0.717, 1.165) is 38.2 Å². The molecule has 2 heterocycles. The molecule has 1 amide bonds. The Morgan fingerprint density at radius 2 is 2.18 bits per heavy atom. The number of rotatable bonds is 4. The Morgan fingerprint density at radius 1 is 1.41 bits per heavy atom. The first-order chi connectivity index (χ1) is 8.25. The number of carbonyl (C=O) groups excluding carboxylic acids is 1. The molecule has 0 bridgehead atoms. The molecule has 0 aromatic carbocycles. The number of likely N-dealkylation sites (N-methyl/N-ethyl adjacent to an activating group) is 1. The summed E-state index contributed by atoms with van der Waals surface area (Å²) in [6.45, 7) is 3.06. The minimum absolute atomic E-state index is 0.237. The Labute approximate surface area is 102 Å². The van der Waals surface area contributed by atoms with Gasteiger partial charge in [0.2, 0.25) is 5.91 Å². The number of aromatic nitrogens is 1. The number of hydrogen-bond acceptors (Lipinski definition) is 3. The molecule has 1 aromatic rings. The molecule has 0 spiro atoms. The lowest BCUT2D eigenvalue weighted by Gasteiger charge is -2.20. The molecule has 4 nitrogen and oxygen atoms in total. The van der Waals surface area contributed by atoms with Gasteiger partial charge in [0.15, 0.2) is 0 Å². The van der Waals surface area contributed by atoms with Crippen molar-refractivity contribution in [3.05, 3.63) is 30.1 Å². The van der Waals surface area contributed by atoms with Crippen LogP contribution in [-0.2, 0) is 11.3 Å². The second kappa shape index (κ2) is 5.77. The van der Waals surface area contributed by atoms with E-state index in [0.29, 0.717) is 6.54 Å². The van der Waals surface area contributed by atoms with Crippen LogP contribution in [0.2, 0.25) is 0 Å². The molecule has 0 atom stereocenters. The van der Waals surface area contributed by atoms with E-state index < -0.39 is 0 Å². The van der Waals surface area contributed by atoms with E-state index in [-0.39, 0.29) is 5.91 Å². The van der Waals surface area contributed by atoms with Crippen molar-refractivity contribution in [3.63, 3.8) is 0 Å². The first-order valence-corrected chi connectivity index (χ1v) is 6.12. The molecule has 1 saturated heterocycles. The fourth-order valence-corrected chi connectivity index (χ4v) is 2.12. The van der Waals surface area contributed by atoms with Crippen molar-refractivity contribution in [2.24, 2.45) is 0 Å². The van der Waals surface area contributed by atoms with E-state index in [1.807, 2.05) is 35.0 Å². The van der Waals surface area contributed by atoms with E-state index in [4.69, 9.17) is 0 Å². The lowest BCUT2D eigenvalue weighted by Crippen LogP contribution is -2.37. The lowest BCUT2D eigenvalue weighted by atomic mass is 10.3. The summed E-state index contributed by atoms with van der Waals surface area (Å²) < 4.78 is 0. The van der Waals surface area contributed by atoms with Gasteiger partial charge in [-0.1, -0.05) is 6.07 Å². The highest BCUT2D eigenvalue weighted by molar-refractivity contribution is 5.78. The molecular formula is C13H19N3O. The Balaban J connectivity index is 1.80. The molecular weight excluding hydrogens is 214 g/mol. The monoisotopic (exact) mass is 233 g/mol. The van der Waals surface area contributed by atoms with Gasteiger partial charge in [0.1, 0.15) is 0 Å². The molecule has 1 fully saturated rings. The van der Waals surface area contributed by atoms with Crippen LogP contribution in [0.15, 0.2) is 24.4 Å². The average molecular weight is 233 g/mol. The largest absolute Gasteiger partial charge is 0.342 e. The van der Waals surface area contributed by atoms with Crippen LogP contribution in [0.1, 0.15) is 18.5 Å². The summed E-state index contributed by atoms with van der Waals surface area (Å²) in [5.41, 5.74) is 1.00. The zero-order valence-corrected chi connectivity index (χ0v) is 10.3. The number of pyridine rings is 1. The summed E-state index contributed by atoms with van der Waals surface area (Å²) in [7, 11) is 1.96. The Morgan fingerprint density at radius 3 is 2.82 bits per heavy atom. The summed E-state index contributed by atoms with van der Waals surface area (Å²) in [6.07, 6.45) is 4.08. The van der Waals surface area contributed by atoms with Crippen LogP contribution in [0.25, 0.3) is 0 Å². The SMILES string of the molecule is CN(CC(=O)N1CCCC1)Cc1ccccn1. The zero-order valence-electron chi connectivity index (χ0n) is 10.3. The lowest BCUT2D eigenvalue weighted by molar-refractivity contribution is -0.131. The third kappa shape index (κ3) is 3.53. The van der Waals surface area contributed by atoms with Crippen molar-refractivity contribution in [2.45, 2.75) is 19.4 Å². The van der Waals surface area contributed by atoms with Gasteiger partial charge in [0.05, 0.1) is 12.2 Å². The number of amides is 1. The normalized spacial score (nSPS) is 15.5. The van der Waals surface area contributed by atoms with Crippen molar-refractivity contribution in [2.75, 3.05) is 26.7 Å². The number of nitrogens with zero attached hydrogens (tertiary/aromatic N) is 3. The molecule has 92 valence electrons. The minimum Gasteiger partial charge on any atom is -0.342 e. The fraction of sp³-hybridized carbons (Fsp3) is 0.538. The van der Waals surface area contributed by atoms with Crippen molar-refractivity contribution in [3.8, 4) is 0 Å². The van der Waals surface area contributed by atoms with Gasteiger partial charge in [-0.25, -0.2) is 0 Å². The Hall–Kier alpha value is -1.42. The molecule has 1 aromatic heterocycles. The van der Waals surface area contributed by atoms with E-state index in [1.54, 1.807) is 6.20 Å². The first-order valence-electron chi connectivity index (χ1n) is 6.12. The molecule has 17 heavy (non-hydrogen) atoms. The van der Waals surface area contributed by atoms with Crippen LogP contribution in [0.4, 0.5) is 0 Å². The predicted molar refractivity (Wildman–Crippen MR) is 66.4 cm³/mol. The maximum absolute atomic E-state index is 11.9. The zero-order chi connectivity index (χ0) is 12.1. The van der Waals surface area contributed by atoms with Gasteiger partial charge in [-0.3, -0.25) is 14.7 Å². The van der Waals surface area contributed by atoms with Crippen LogP contribution in [0, 0.1) is 0 Å². The third-order valence-electron chi connectivity index (χ3n) is 3.02. The van der Waals surface area contributed by atoms with Crippen molar-refractivity contribution in [1.82, 2.24) is 14.8 Å². The van der Waals surface area contributed by atoms with Crippen LogP contribution < -0.4 is 0 Å². The molecule has 0 aliphatic carbocycles. The molecule has 1 aliphatic heterocycles. The first kappa shape index (κ1) is 12.0. The molecule has 0 N–H and O–H groups in total. The smallest absolute Gasteiger partial charge is 0.236 e. The van der Waals surface area contributed by atoms with Crippen LogP contribution in [0.3, 0.4) is 0 Å². The second-order valence-corrected chi connectivity index (χ2v) is 4.58. The van der Waals surface area contributed by atoms with E-state index in [1.165, 1.54) is 0 Å². The van der Waals surface area contributed by atoms with Gasteiger partial charge in [0.25, 0.3) is 0 Å². The standard InChI is InChI=1S/C13H19N3O/c1-15(10-12-6-2-3-7-14-12)11-13(17)16-8-4-5-9-16/h2-3,6-7H,4-5,8-11H2,1H3. The van der Waals surface area contributed by atoms with Gasteiger partial charge in [-0.15, -0.1) is 0 Å². The van der Waals surface area contributed by atoms with Gasteiger partial charge in [-0.2, -0.15) is 0 Å². The van der Waals surface area contributed by atoms with E-state index in [9.17, 15) is 4.79 Å². The maximum Gasteiger partial charge on any atom is 0.236 e. The van der Waals surface area contributed by atoms with Crippen LogP contribution >= 0.6 is 0 Å². The second-order valence-electron chi connectivity index (χ2n) is 4.58. The van der Waals surface area contributed by atoms with Gasteiger partial charge in [-0.05, 0) is 32.0 Å². The molecule has 0 radical (unpaired) electrons. The fourth-order valence-electron chi connectivity index (χ4n) is 2.12. The molecule has 2 rings (SSSR count). The highest BCUT2D eigenvalue weighted by Gasteiger charge is 2.18. The molecule has 0 saturated carbocycles. The molecule has 1 aliphatic rings. The van der Waals surface area contributed by atoms with Crippen molar-refractivity contribution >= 4 is 5.91 Å². The van der Waals surface area contributed by atoms with Crippen LogP contribution in [-0.4, -0.2) is 47.4 Å². The van der Waals surface area contributed by atoms with E-state index in [2.05, 4.69) is 4.98 Å². The molecule has 0 unspecified atom stereocenters. The summed E-state index contributed by atoms with van der Waals surface area (Å²) in [5.74, 6) is 0.237.